The highest BCUT2D eigenvalue weighted by molar-refractivity contribution is 7.99. The van der Waals surface area contributed by atoms with Crippen LogP contribution in [0.3, 0.4) is 0 Å². The van der Waals surface area contributed by atoms with Gasteiger partial charge < -0.3 is 5.11 Å². The number of hydrogen-bond donors (Lipinski definition) is 1. The SMILES string of the molecule is CC(=O)O.CCCS(=O)(=O)OS(=O)(=O)CCC. The molecule has 1 N–H and O–H groups in total. The van der Waals surface area contributed by atoms with Gasteiger partial charge in [-0.25, -0.2) is 0 Å². The van der Waals surface area contributed by atoms with E-state index in [1.54, 1.807) is 13.8 Å². The van der Waals surface area contributed by atoms with Crippen molar-refractivity contribution in [1.29, 1.82) is 0 Å². The van der Waals surface area contributed by atoms with Gasteiger partial charge in [-0.2, -0.15) is 16.8 Å². The van der Waals surface area contributed by atoms with Gasteiger partial charge in [0.1, 0.15) is 0 Å². The van der Waals surface area contributed by atoms with Crippen LogP contribution in [-0.4, -0.2) is 39.4 Å². The normalized spacial score (nSPS) is 11.5. The van der Waals surface area contributed by atoms with Crippen molar-refractivity contribution in [3.05, 3.63) is 0 Å². The Labute approximate surface area is 102 Å². The van der Waals surface area contributed by atoms with Crippen LogP contribution in [-0.2, 0) is 28.7 Å². The molecule has 0 saturated carbocycles. The van der Waals surface area contributed by atoms with E-state index in [0.717, 1.165) is 6.92 Å². The van der Waals surface area contributed by atoms with E-state index in [2.05, 4.69) is 3.63 Å². The second-order valence-corrected chi connectivity index (χ2v) is 6.70. The van der Waals surface area contributed by atoms with E-state index < -0.39 is 26.2 Å². The maximum atomic E-state index is 10.9. The molecule has 0 atom stereocenters. The lowest BCUT2D eigenvalue weighted by Gasteiger charge is -2.03. The number of hydrogen-bond acceptors (Lipinski definition) is 6. The third-order valence-corrected chi connectivity index (χ3v) is 4.59. The Kier molecular flexibility index (Phi) is 9.26. The largest absolute Gasteiger partial charge is 0.481 e. The van der Waals surface area contributed by atoms with Crippen molar-refractivity contribution in [2.45, 2.75) is 33.6 Å². The van der Waals surface area contributed by atoms with Gasteiger partial charge in [0.15, 0.2) is 0 Å². The van der Waals surface area contributed by atoms with Gasteiger partial charge in [0.2, 0.25) is 0 Å². The average molecular weight is 290 g/mol. The van der Waals surface area contributed by atoms with Gasteiger partial charge in [-0.15, -0.1) is 3.63 Å². The zero-order valence-corrected chi connectivity index (χ0v) is 11.7. The van der Waals surface area contributed by atoms with Crippen molar-refractivity contribution in [1.82, 2.24) is 0 Å². The van der Waals surface area contributed by atoms with Gasteiger partial charge >= 0.3 is 0 Å². The topological polar surface area (TPSA) is 115 Å². The summed E-state index contributed by atoms with van der Waals surface area (Å²) in [6.45, 7) is 4.35. The third kappa shape index (κ3) is 15.3. The van der Waals surface area contributed by atoms with Crippen LogP contribution in [0.1, 0.15) is 33.6 Å². The molecule has 0 radical (unpaired) electrons. The molecule has 0 fully saturated rings. The van der Waals surface area contributed by atoms with Gasteiger partial charge in [0.05, 0.1) is 11.5 Å². The Morgan fingerprint density at radius 3 is 1.41 bits per heavy atom. The summed E-state index contributed by atoms with van der Waals surface area (Å²) in [6.07, 6.45) is 0.675. The van der Waals surface area contributed by atoms with Crippen molar-refractivity contribution >= 4 is 26.2 Å². The smallest absolute Gasteiger partial charge is 0.300 e. The first-order valence-electron chi connectivity index (χ1n) is 4.92. The van der Waals surface area contributed by atoms with Crippen LogP contribution < -0.4 is 0 Å². The van der Waals surface area contributed by atoms with Gasteiger partial charge in [0.25, 0.3) is 26.2 Å². The maximum absolute atomic E-state index is 10.9. The molecule has 0 aromatic heterocycles. The molecule has 17 heavy (non-hydrogen) atoms. The molecule has 0 bridgehead atoms. The first-order valence-corrected chi connectivity index (χ1v) is 8.07. The molecular weight excluding hydrogens is 272 g/mol. The molecule has 0 aromatic rings. The molecule has 0 heterocycles. The maximum Gasteiger partial charge on any atom is 0.300 e. The fraction of sp³-hybridized carbons (Fsp3) is 0.875. The molecule has 0 unspecified atom stereocenters. The Morgan fingerprint density at radius 1 is 1.00 bits per heavy atom. The number of carbonyl (C=O) groups is 1. The molecule has 0 aliphatic rings. The summed E-state index contributed by atoms with van der Waals surface area (Å²) < 4.78 is 47.7. The predicted molar refractivity (Wildman–Crippen MR) is 62.6 cm³/mol. The number of carboxylic acid groups (broad SMARTS) is 1. The van der Waals surface area contributed by atoms with E-state index in [4.69, 9.17) is 9.90 Å². The van der Waals surface area contributed by atoms with Gasteiger partial charge in [-0.1, -0.05) is 13.8 Å². The van der Waals surface area contributed by atoms with E-state index >= 15 is 0 Å². The molecular formula is C8H18O7S2. The quantitative estimate of drug-likeness (QED) is 0.760. The summed E-state index contributed by atoms with van der Waals surface area (Å²) in [5.74, 6) is -1.37. The molecule has 7 nitrogen and oxygen atoms in total. The molecule has 104 valence electrons. The van der Waals surface area contributed by atoms with E-state index in [1.165, 1.54) is 0 Å². The van der Waals surface area contributed by atoms with Crippen molar-refractivity contribution in [2.75, 3.05) is 11.5 Å². The highest BCUT2D eigenvalue weighted by Gasteiger charge is 2.20. The minimum atomic E-state index is -3.90. The number of rotatable bonds is 6. The van der Waals surface area contributed by atoms with E-state index in [0.29, 0.717) is 12.8 Å². The molecule has 9 heteroatoms. The average Bonchev–Trinajstić information content (AvgIpc) is 1.98. The van der Waals surface area contributed by atoms with Crippen LogP contribution in [0.25, 0.3) is 0 Å². The van der Waals surface area contributed by atoms with Crippen LogP contribution >= 0.6 is 0 Å². The van der Waals surface area contributed by atoms with Crippen molar-refractivity contribution in [2.24, 2.45) is 0 Å². The number of aliphatic carboxylic acids is 1. The van der Waals surface area contributed by atoms with Crippen LogP contribution in [0.15, 0.2) is 0 Å². The first kappa shape index (κ1) is 18.7. The Bertz CT molecular complexity index is 369. The lowest BCUT2D eigenvalue weighted by Crippen LogP contribution is -2.18. The summed E-state index contributed by atoms with van der Waals surface area (Å²) in [7, 11) is -7.80. The Hall–Kier alpha value is -0.670. The standard InChI is InChI=1S/C6H14O5S2.C2H4O2/c1-3-5-12(7,8)11-13(9,10)6-4-2;1-2(3)4/h3-6H2,1-2H3;1H3,(H,3,4). The summed E-state index contributed by atoms with van der Waals surface area (Å²) in [5, 5.41) is 7.42. The van der Waals surface area contributed by atoms with Crippen LogP contribution in [0.4, 0.5) is 0 Å². The third-order valence-electron chi connectivity index (χ3n) is 1.12. The second kappa shape index (κ2) is 8.43. The Morgan fingerprint density at radius 2 is 1.24 bits per heavy atom. The van der Waals surface area contributed by atoms with E-state index in [-0.39, 0.29) is 11.5 Å². The van der Waals surface area contributed by atoms with Crippen molar-refractivity contribution in [3.63, 3.8) is 0 Å². The summed E-state index contributed by atoms with van der Waals surface area (Å²) >= 11 is 0. The van der Waals surface area contributed by atoms with Gasteiger partial charge in [-0.3, -0.25) is 4.79 Å². The monoisotopic (exact) mass is 290 g/mol. The van der Waals surface area contributed by atoms with E-state index in [1.807, 2.05) is 0 Å². The summed E-state index contributed by atoms with van der Waals surface area (Å²) in [4.78, 5) is 9.00. The van der Waals surface area contributed by atoms with Gasteiger partial charge in [-0.05, 0) is 12.8 Å². The number of carboxylic acids is 1. The molecule has 0 amide bonds. The summed E-state index contributed by atoms with van der Waals surface area (Å²) in [5.41, 5.74) is 0. The first-order chi connectivity index (χ1) is 7.56. The second-order valence-electron chi connectivity index (χ2n) is 3.11. The zero-order chi connectivity index (χ0) is 14.1. The highest BCUT2D eigenvalue weighted by atomic mass is 32.3. The zero-order valence-electron chi connectivity index (χ0n) is 10.0. The predicted octanol–water partition coefficient (Wildman–Crippen LogP) is 0.573. The van der Waals surface area contributed by atoms with Crippen LogP contribution in [0.2, 0.25) is 0 Å². The van der Waals surface area contributed by atoms with Crippen LogP contribution in [0.5, 0.6) is 0 Å². The van der Waals surface area contributed by atoms with Crippen LogP contribution in [0, 0.1) is 0 Å². The molecule has 0 aliphatic carbocycles. The van der Waals surface area contributed by atoms with E-state index in [9.17, 15) is 16.8 Å². The van der Waals surface area contributed by atoms with Crippen molar-refractivity contribution in [3.8, 4) is 0 Å². The molecule has 0 spiro atoms. The Balaban J connectivity index is 0. The fourth-order valence-corrected chi connectivity index (χ4v) is 3.53. The molecule has 0 rings (SSSR count). The highest BCUT2D eigenvalue weighted by Crippen LogP contribution is 2.04. The summed E-state index contributed by atoms with van der Waals surface area (Å²) in [6, 6.07) is 0. The fourth-order valence-electron chi connectivity index (χ4n) is 0.726. The molecule has 0 aromatic carbocycles. The minimum absolute atomic E-state index is 0.268. The lowest BCUT2D eigenvalue weighted by molar-refractivity contribution is -0.134. The molecule has 0 aliphatic heterocycles. The van der Waals surface area contributed by atoms with Crippen molar-refractivity contribution < 1.29 is 30.4 Å². The molecule has 0 saturated heterocycles. The lowest BCUT2D eigenvalue weighted by atomic mass is 10.6. The van der Waals surface area contributed by atoms with Gasteiger partial charge in [0, 0.05) is 6.92 Å². The minimum Gasteiger partial charge on any atom is -0.481 e.